The zero-order valence-corrected chi connectivity index (χ0v) is 4.98. The minimum absolute atomic E-state index is 0.604. The number of aliphatic hydroxyl groups is 1. The highest BCUT2D eigenvalue weighted by Gasteiger charge is 2.28. The van der Waals surface area contributed by atoms with Crippen molar-refractivity contribution in [3.63, 3.8) is 0 Å². The fraction of sp³-hybridized carbons (Fsp3) is 1.00. The second-order valence-corrected chi connectivity index (χ2v) is 1.91. The Morgan fingerprint density at radius 3 is 2.88 bits per heavy atom. The zero-order chi connectivity index (χ0) is 6.04. The molecule has 0 spiro atoms. The van der Waals surface area contributed by atoms with Gasteiger partial charge in [-0.05, 0) is 0 Å². The SMILES string of the molecule is CCC1(O)NCCO1. The van der Waals surface area contributed by atoms with Gasteiger partial charge >= 0.3 is 0 Å². The van der Waals surface area contributed by atoms with E-state index in [-0.39, 0.29) is 0 Å². The highest BCUT2D eigenvalue weighted by Crippen LogP contribution is 2.10. The third-order valence-corrected chi connectivity index (χ3v) is 1.32. The summed E-state index contributed by atoms with van der Waals surface area (Å²) in [5, 5.41) is 12.0. The van der Waals surface area contributed by atoms with Gasteiger partial charge in [-0.15, -0.1) is 0 Å². The first kappa shape index (κ1) is 6.01. The minimum atomic E-state index is -1.01. The van der Waals surface area contributed by atoms with Crippen molar-refractivity contribution in [2.45, 2.75) is 19.3 Å². The van der Waals surface area contributed by atoms with E-state index in [0.29, 0.717) is 13.0 Å². The molecule has 2 N–H and O–H groups in total. The molecule has 1 aliphatic rings. The Balaban J connectivity index is 2.40. The monoisotopic (exact) mass is 117 g/mol. The van der Waals surface area contributed by atoms with E-state index in [2.05, 4.69) is 5.32 Å². The average Bonchev–Trinajstić information content (AvgIpc) is 2.17. The molecule has 3 nitrogen and oxygen atoms in total. The van der Waals surface area contributed by atoms with E-state index in [9.17, 15) is 0 Å². The van der Waals surface area contributed by atoms with Crippen molar-refractivity contribution in [2.75, 3.05) is 13.2 Å². The minimum Gasteiger partial charge on any atom is -0.353 e. The van der Waals surface area contributed by atoms with Crippen molar-refractivity contribution >= 4 is 0 Å². The Bertz CT molecular complexity index is 78.5. The molecule has 0 amide bonds. The van der Waals surface area contributed by atoms with Gasteiger partial charge in [0, 0.05) is 13.0 Å². The number of rotatable bonds is 1. The number of hydrogen-bond donors (Lipinski definition) is 2. The van der Waals surface area contributed by atoms with Crippen LogP contribution in [0.1, 0.15) is 13.3 Å². The van der Waals surface area contributed by atoms with Crippen molar-refractivity contribution < 1.29 is 9.84 Å². The van der Waals surface area contributed by atoms with E-state index in [0.717, 1.165) is 6.54 Å². The maximum atomic E-state index is 9.17. The Kier molecular flexibility index (Phi) is 1.51. The van der Waals surface area contributed by atoms with Gasteiger partial charge in [0.25, 0.3) is 0 Å². The van der Waals surface area contributed by atoms with Crippen molar-refractivity contribution in [3.8, 4) is 0 Å². The van der Waals surface area contributed by atoms with Crippen LogP contribution < -0.4 is 5.32 Å². The maximum absolute atomic E-state index is 9.17. The normalized spacial score (nSPS) is 38.2. The summed E-state index contributed by atoms with van der Waals surface area (Å²) >= 11 is 0. The summed E-state index contributed by atoms with van der Waals surface area (Å²) in [4.78, 5) is 0. The van der Waals surface area contributed by atoms with Crippen LogP contribution in [0.15, 0.2) is 0 Å². The first-order valence-electron chi connectivity index (χ1n) is 2.88. The molecule has 8 heavy (non-hydrogen) atoms. The predicted molar refractivity (Wildman–Crippen MR) is 29.2 cm³/mol. The molecule has 0 aliphatic carbocycles. The summed E-state index contributed by atoms with van der Waals surface area (Å²) in [6.45, 7) is 3.24. The van der Waals surface area contributed by atoms with Crippen LogP contribution in [0.2, 0.25) is 0 Å². The van der Waals surface area contributed by atoms with E-state index >= 15 is 0 Å². The molecule has 1 atom stereocenters. The molecule has 1 unspecified atom stereocenters. The lowest BCUT2D eigenvalue weighted by Crippen LogP contribution is -2.39. The summed E-state index contributed by atoms with van der Waals surface area (Å²) in [6, 6.07) is 0. The lowest BCUT2D eigenvalue weighted by Gasteiger charge is -2.18. The first-order valence-corrected chi connectivity index (χ1v) is 2.88. The molecule has 0 aromatic carbocycles. The van der Waals surface area contributed by atoms with Crippen LogP contribution in [-0.2, 0) is 4.74 Å². The standard InChI is InChI=1S/C5H11NO2/c1-2-5(7)6-3-4-8-5/h6-7H,2-4H2,1H3. The summed E-state index contributed by atoms with van der Waals surface area (Å²) < 4.78 is 4.93. The van der Waals surface area contributed by atoms with Crippen LogP contribution in [0.3, 0.4) is 0 Å². The lowest BCUT2D eigenvalue weighted by molar-refractivity contribution is -0.186. The molecule has 1 fully saturated rings. The van der Waals surface area contributed by atoms with Crippen molar-refractivity contribution in [3.05, 3.63) is 0 Å². The molecule has 1 heterocycles. The lowest BCUT2D eigenvalue weighted by atomic mass is 10.4. The molecule has 48 valence electrons. The van der Waals surface area contributed by atoms with Crippen molar-refractivity contribution in [2.24, 2.45) is 0 Å². The van der Waals surface area contributed by atoms with Gasteiger partial charge in [-0.2, -0.15) is 0 Å². The molecule has 0 radical (unpaired) electrons. The van der Waals surface area contributed by atoms with Crippen LogP contribution in [0.4, 0.5) is 0 Å². The van der Waals surface area contributed by atoms with Gasteiger partial charge in [-0.1, -0.05) is 6.92 Å². The average molecular weight is 117 g/mol. The third-order valence-electron chi connectivity index (χ3n) is 1.32. The highest BCUT2D eigenvalue weighted by molar-refractivity contribution is 4.67. The second-order valence-electron chi connectivity index (χ2n) is 1.91. The molecular weight excluding hydrogens is 106 g/mol. The van der Waals surface area contributed by atoms with Gasteiger partial charge in [-0.25, -0.2) is 0 Å². The van der Waals surface area contributed by atoms with Gasteiger partial charge in [0.2, 0.25) is 5.91 Å². The van der Waals surface area contributed by atoms with Gasteiger partial charge in [-0.3, -0.25) is 5.32 Å². The fourth-order valence-corrected chi connectivity index (χ4v) is 0.744. The summed E-state index contributed by atoms with van der Waals surface area (Å²) in [5.74, 6) is -1.01. The largest absolute Gasteiger partial charge is 0.353 e. The molecule has 0 saturated carbocycles. The van der Waals surface area contributed by atoms with Gasteiger partial charge in [0.1, 0.15) is 0 Å². The van der Waals surface area contributed by atoms with E-state index in [4.69, 9.17) is 9.84 Å². The Morgan fingerprint density at radius 2 is 2.62 bits per heavy atom. The zero-order valence-electron chi connectivity index (χ0n) is 4.98. The smallest absolute Gasteiger partial charge is 0.224 e. The summed E-state index contributed by atoms with van der Waals surface area (Å²) in [5.41, 5.74) is 0. The van der Waals surface area contributed by atoms with Crippen LogP contribution in [-0.4, -0.2) is 24.2 Å². The number of nitrogens with one attached hydrogen (secondary N) is 1. The number of hydrogen-bond acceptors (Lipinski definition) is 3. The quantitative estimate of drug-likeness (QED) is 0.494. The van der Waals surface area contributed by atoms with Gasteiger partial charge in [0.15, 0.2) is 0 Å². The van der Waals surface area contributed by atoms with Crippen molar-refractivity contribution in [1.29, 1.82) is 0 Å². The fourth-order valence-electron chi connectivity index (χ4n) is 0.744. The molecule has 1 aliphatic heterocycles. The molecular formula is C5H11NO2. The van der Waals surface area contributed by atoms with E-state index < -0.39 is 5.91 Å². The van der Waals surface area contributed by atoms with Crippen LogP contribution >= 0.6 is 0 Å². The maximum Gasteiger partial charge on any atom is 0.224 e. The van der Waals surface area contributed by atoms with Crippen LogP contribution in [0.5, 0.6) is 0 Å². The van der Waals surface area contributed by atoms with Gasteiger partial charge < -0.3 is 9.84 Å². The summed E-state index contributed by atoms with van der Waals surface area (Å²) in [6.07, 6.45) is 0.604. The molecule has 0 aromatic heterocycles. The van der Waals surface area contributed by atoms with Crippen LogP contribution in [0.25, 0.3) is 0 Å². The summed E-state index contributed by atoms with van der Waals surface area (Å²) in [7, 11) is 0. The molecule has 0 bridgehead atoms. The Morgan fingerprint density at radius 1 is 1.88 bits per heavy atom. The van der Waals surface area contributed by atoms with E-state index in [1.165, 1.54) is 0 Å². The second kappa shape index (κ2) is 2.01. The van der Waals surface area contributed by atoms with E-state index in [1.54, 1.807) is 0 Å². The van der Waals surface area contributed by atoms with Crippen molar-refractivity contribution in [1.82, 2.24) is 5.32 Å². The topological polar surface area (TPSA) is 41.5 Å². The number of ether oxygens (including phenoxy) is 1. The Labute approximate surface area is 48.7 Å². The Hall–Kier alpha value is -0.120. The molecule has 1 rings (SSSR count). The third kappa shape index (κ3) is 0.992. The first-order chi connectivity index (χ1) is 3.77. The molecule has 0 aromatic rings. The highest BCUT2D eigenvalue weighted by atomic mass is 16.7. The van der Waals surface area contributed by atoms with Gasteiger partial charge in [0.05, 0.1) is 6.61 Å². The molecule has 3 heteroatoms. The van der Waals surface area contributed by atoms with E-state index in [1.807, 2.05) is 6.92 Å². The van der Waals surface area contributed by atoms with Crippen LogP contribution in [0, 0.1) is 0 Å². The predicted octanol–water partition coefficient (Wildman–Crippen LogP) is -0.338. The molecule has 1 saturated heterocycles.